The van der Waals surface area contributed by atoms with Gasteiger partial charge in [-0.15, -0.1) is 0 Å². The lowest BCUT2D eigenvalue weighted by Crippen LogP contribution is -2.49. The molecule has 0 unspecified atom stereocenters. The van der Waals surface area contributed by atoms with Crippen molar-refractivity contribution in [2.45, 2.75) is 120 Å². The summed E-state index contributed by atoms with van der Waals surface area (Å²) >= 11 is 0. The number of nitrogens with zero attached hydrogens (tertiary/aromatic N) is 10. The minimum atomic E-state index is 0.758. The summed E-state index contributed by atoms with van der Waals surface area (Å²) in [6.45, 7) is 36.4. The molecule has 10 heteroatoms. The van der Waals surface area contributed by atoms with Gasteiger partial charge in [0.2, 0.25) is 0 Å². The van der Waals surface area contributed by atoms with Gasteiger partial charge < -0.3 is 14.0 Å². The molecular weight excluding hydrogens is 837 g/mol. The van der Waals surface area contributed by atoms with Gasteiger partial charge >= 0.3 is 0 Å². The van der Waals surface area contributed by atoms with Crippen LogP contribution in [0.1, 0.15) is 117 Å². The van der Waals surface area contributed by atoms with Crippen molar-refractivity contribution in [1.29, 1.82) is 0 Å². The number of fused-ring (bicyclic) bond motifs is 2. The molecule has 0 amide bonds. The molecule has 364 valence electrons. The molecule has 2 saturated heterocycles. The molecule has 0 atom stereocenters. The second-order valence-electron chi connectivity index (χ2n) is 19.9. The third-order valence-electron chi connectivity index (χ3n) is 14.2. The minimum Gasteiger partial charge on any atom is -0.308 e. The van der Waals surface area contributed by atoms with Crippen LogP contribution >= 0.6 is 0 Å². The van der Waals surface area contributed by atoms with Crippen molar-refractivity contribution in [2.24, 2.45) is 5.92 Å². The van der Waals surface area contributed by atoms with E-state index in [1.165, 1.54) is 112 Å². The Bertz CT molecular complexity index is 2560. The Hall–Kier alpha value is -5.00. The zero-order valence-electron chi connectivity index (χ0n) is 43.4. The van der Waals surface area contributed by atoms with Crippen LogP contribution in [-0.2, 0) is 25.9 Å². The van der Waals surface area contributed by atoms with E-state index in [-0.39, 0.29) is 0 Å². The van der Waals surface area contributed by atoms with Crippen molar-refractivity contribution in [3.63, 3.8) is 0 Å². The number of benzene rings is 2. The highest BCUT2D eigenvalue weighted by Gasteiger charge is 2.21. The summed E-state index contributed by atoms with van der Waals surface area (Å²) in [5.74, 6) is 3.00. The number of imidazole rings is 2. The van der Waals surface area contributed by atoms with Crippen molar-refractivity contribution in [3.8, 4) is 0 Å². The Balaban J connectivity index is 0.000000201. The van der Waals surface area contributed by atoms with E-state index in [0.29, 0.717) is 0 Å². The van der Waals surface area contributed by atoms with Crippen molar-refractivity contribution >= 4 is 34.5 Å². The minimum absolute atomic E-state index is 0.758. The molecule has 0 bridgehead atoms. The van der Waals surface area contributed by atoms with Gasteiger partial charge in [0.25, 0.3) is 0 Å². The number of hydrogen-bond acceptors (Lipinski definition) is 8. The first-order valence-corrected chi connectivity index (χ1v) is 26.0. The maximum Gasteiger partial charge on any atom is 0.160 e. The number of aromatic nitrogens is 6. The fraction of sp³-hybridized carbons (Fsp3) is 0.517. The van der Waals surface area contributed by atoms with Gasteiger partial charge in [0, 0.05) is 95.7 Å². The van der Waals surface area contributed by atoms with E-state index >= 15 is 0 Å². The largest absolute Gasteiger partial charge is 0.308 e. The highest BCUT2D eigenvalue weighted by atomic mass is 15.3. The second kappa shape index (κ2) is 24.5. The van der Waals surface area contributed by atoms with Crippen molar-refractivity contribution in [3.05, 3.63) is 129 Å². The summed E-state index contributed by atoms with van der Waals surface area (Å²) in [6.07, 6.45) is 14.8. The summed E-state index contributed by atoms with van der Waals surface area (Å²) in [5, 5.41) is 0. The summed E-state index contributed by atoms with van der Waals surface area (Å²) in [5.41, 5.74) is 13.6. The van der Waals surface area contributed by atoms with Gasteiger partial charge in [-0.3, -0.25) is 14.7 Å². The molecule has 10 nitrogen and oxygen atoms in total. The molecule has 4 aromatic heterocycles. The molecule has 6 heterocycles. The lowest BCUT2D eigenvalue weighted by Gasteiger charge is -2.38. The summed E-state index contributed by atoms with van der Waals surface area (Å²) in [6, 6.07) is 22.9. The molecule has 6 aromatic rings. The van der Waals surface area contributed by atoms with Crippen LogP contribution in [0.3, 0.4) is 0 Å². The molecule has 0 saturated carbocycles. The first-order valence-electron chi connectivity index (χ1n) is 26.0. The Kier molecular flexibility index (Phi) is 18.3. The number of hydrogen-bond donors (Lipinski definition) is 0. The lowest BCUT2D eigenvalue weighted by atomic mass is 10.1. The molecule has 0 radical (unpaired) electrons. The predicted octanol–water partition coefficient (Wildman–Crippen LogP) is 10.8. The second-order valence-corrected chi connectivity index (χ2v) is 19.9. The van der Waals surface area contributed by atoms with Crippen LogP contribution in [-0.4, -0.2) is 127 Å². The molecule has 68 heavy (non-hydrogen) atoms. The van der Waals surface area contributed by atoms with Crippen LogP contribution in [0, 0.1) is 33.6 Å². The fourth-order valence-corrected chi connectivity index (χ4v) is 10.0. The fourth-order valence-electron chi connectivity index (χ4n) is 10.0. The summed E-state index contributed by atoms with van der Waals surface area (Å²) < 4.78 is 4.56. The van der Waals surface area contributed by atoms with E-state index in [4.69, 9.17) is 19.9 Å². The first-order chi connectivity index (χ1) is 32.9. The molecular formula is C58H82N10. The average Bonchev–Trinajstić information content (AvgIpc) is 3.88. The van der Waals surface area contributed by atoms with E-state index in [2.05, 4.69) is 183 Å². The normalized spacial score (nSPS) is 15.8. The Labute approximate surface area is 409 Å². The molecule has 2 aromatic carbocycles. The van der Waals surface area contributed by atoms with Crippen LogP contribution in [0.25, 0.3) is 34.5 Å². The number of piperazine rings is 2. The molecule has 8 rings (SSSR count). The SMILES string of the molecule is CCc1nc2c(C)cc(C)nc2n1Cc1ccc(C=CCN2CCN(C(CC)CC)CC2)cc1.CCc1nc2c(C)cc(C)nc2n1Cc1ccc(C=CCN2CCN(CCC(C)C)CC2)cc1. The van der Waals surface area contributed by atoms with Gasteiger partial charge in [-0.25, -0.2) is 19.9 Å². The Morgan fingerprint density at radius 2 is 0.941 bits per heavy atom. The third kappa shape index (κ3) is 13.4. The first kappa shape index (κ1) is 50.9. The molecule has 0 aliphatic carbocycles. The van der Waals surface area contributed by atoms with E-state index in [1.807, 2.05) is 0 Å². The molecule has 0 spiro atoms. The maximum atomic E-state index is 4.88. The Morgan fingerprint density at radius 1 is 0.529 bits per heavy atom. The highest BCUT2D eigenvalue weighted by molar-refractivity contribution is 5.77. The monoisotopic (exact) mass is 919 g/mol. The summed E-state index contributed by atoms with van der Waals surface area (Å²) in [4.78, 5) is 29.8. The van der Waals surface area contributed by atoms with Gasteiger partial charge in [-0.05, 0) is 105 Å². The van der Waals surface area contributed by atoms with Crippen LogP contribution in [0.15, 0.2) is 72.8 Å². The molecule has 2 aliphatic heterocycles. The van der Waals surface area contributed by atoms with E-state index in [9.17, 15) is 0 Å². The zero-order valence-corrected chi connectivity index (χ0v) is 43.4. The number of rotatable bonds is 18. The maximum absolute atomic E-state index is 4.88. The molecule has 0 N–H and O–H groups in total. The standard InChI is InChI=1S/2C29H41N5/c1-6-27-31-28-23(4)20-24(5)30-29(28)34(27)21-26-11-9-25(10-12-26)8-7-14-32-16-18-33(19-17-32)15-13-22(2)3;1-6-26(7-2)33-18-16-32(17-19-33)15-9-10-24-11-13-25(14-12-24)21-34-27(8-3)31-28-22(4)20-23(5)30-29(28)34/h7-12,20,22H,6,13-19,21H2,1-5H3;9-14,20,26H,6-8,15-19,21H2,1-5H3. The van der Waals surface area contributed by atoms with Gasteiger partial charge in [-0.1, -0.05) is 114 Å². The average molecular weight is 919 g/mol. The van der Waals surface area contributed by atoms with Crippen molar-refractivity contribution in [1.82, 2.24) is 48.7 Å². The predicted molar refractivity (Wildman–Crippen MR) is 287 cm³/mol. The topological polar surface area (TPSA) is 74.4 Å². The van der Waals surface area contributed by atoms with Crippen LogP contribution in [0.4, 0.5) is 0 Å². The van der Waals surface area contributed by atoms with Crippen molar-refractivity contribution in [2.75, 3.05) is 72.0 Å². The van der Waals surface area contributed by atoms with Crippen molar-refractivity contribution < 1.29 is 0 Å². The number of pyridine rings is 2. The summed E-state index contributed by atoms with van der Waals surface area (Å²) in [7, 11) is 0. The van der Waals surface area contributed by atoms with Gasteiger partial charge in [0.05, 0.1) is 13.1 Å². The van der Waals surface area contributed by atoms with E-state index < -0.39 is 0 Å². The smallest absolute Gasteiger partial charge is 0.160 e. The van der Waals surface area contributed by atoms with Crippen LogP contribution < -0.4 is 0 Å². The zero-order chi connectivity index (χ0) is 48.2. The van der Waals surface area contributed by atoms with Gasteiger partial charge in [-0.2, -0.15) is 0 Å². The quantitative estimate of drug-likeness (QED) is 0.0844. The van der Waals surface area contributed by atoms with Crippen LogP contribution in [0.5, 0.6) is 0 Å². The number of aryl methyl sites for hydroxylation is 6. The molecule has 2 aliphatic rings. The van der Waals surface area contributed by atoms with Gasteiger partial charge in [0.15, 0.2) is 11.3 Å². The third-order valence-corrected chi connectivity index (χ3v) is 14.2. The van der Waals surface area contributed by atoms with E-state index in [1.54, 1.807) is 0 Å². The van der Waals surface area contributed by atoms with E-state index in [0.717, 1.165) is 96.3 Å². The van der Waals surface area contributed by atoms with Crippen LogP contribution in [0.2, 0.25) is 0 Å². The highest BCUT2D eigenvalue weighted by Crippen LogP contribution is 2.23. The van der Waals surface area contributed by atoms with Gasteiger partial charge in [0.1, 0.15) is 22.7 Å². The lowest BCUT2D eigenvalue weighted by molar-refractivity contribution is 0.0989. The Morgan fingerprint density at radius 3 is 1.34 bits per heavy atom. The molecule has 2 fully saturated rings.